The fourth-order valence-corrected chi connectivity index (χ4v) is 4.35. The van der Waals surface area contributed by atoms with Crippen LogP contribution in [0.2, 0.25) is 10.0 Å². The van der Waals surface area contributed by atoms with Crippen molar-refractivity contribution in [1.29, 1.82) is 0 Å². The summed E-state index contributed by atoms with van der Waals surface area (Å²) in [5, 5.41) is 9.73. The number of hydrogen-bond donors (Lipinski definition) is 1. The van der Waals surface area contributed by atoms with Crippen LogP contribution in [0.3, 0.4) is 0 Å². The summed E-state index contributed by atoms with van der Waals surface area (Å²) in [5.41, 5.74) is 2.82. The molecule has 3 aromatic carbocycles. The van der Waals surface area contributed by atoms with Gasteiger partial charge in [-0.15, -0.1) is 0 Å². The Labute approximate surface area is 190 Å². The second-order valence-corrected chi connectivity index (χ2v) is 8.56. The van der Waals surface area contributed by atoms with Crippen LogP contribution in [-0.4, -0.2) is 17.2 Å². The van der Waals surface area contributed by atoms with Crippen molar-refractivity contribution in [3.05, 3.63) is 86.3 Å². The Kier molecular flexibility index (Phi) is 5.73. The Morgan fingerprint density at radius 3 is 2.33 bits per heavy atom. The number of anilines is 2. The highest BCUT2D eigenvalue weighted by atomic mass is 79.9. The topological polar surface area (TPSA) is 66.8 Å². The predicted octanol–water partition coefficient (Wildman–Crippen LogP) is 6.82. The summed E-state index contributed by atoms with van der Waals surface area (Å²) in [5.74, 6) is -0.479. The van der Waals surface area contributed by atoms with Crippen molar-refractivity contribution < 1.29 is 19.4 Å². The van der Waals surface area contributed by atoms with Crippen LogP contribution in [-0.2, 0) is 11.2 Å². The Morgan fingerprint density at radius 2 is 1.70 bits per heavy atom. The van der Waals surface area contributed by atoms with E-state index in [0.29, 0.717) is 27.8 Å². The Balaban J connectivity index is 1.80. The van der Waals surface area contributed by atoms with E-state index in [4.69, 9.17) is 33.0 Å². The molecular weight excluding hydrogens is 493 g/mol. The summed E-state index contributed by atoms with van der Waals surface area (Å²) in [6.07, 6.45) is -0.939. The van der Waals surface area contributed by atoms with Crippen molar-refractivity contribution in [3.63, 3.8) is 0 Å². The van der Waals surface area contributed by atoms with E-state index in [0.717, 1.165) is 15.6 Å². The third-order valence-electron chi connectivity index (χ3n) is 4.80. The summed E-state index contributed by atoms with van der Waals surface area (Å²) in [6.45, 7) is 0. The molecule has 0 fully saturated rings. The third kappa shape index (κ3) is 4.17. The maximum Gasteiger partial charge on any atom is 0.511 e. The largest absolute Gasteiger partial charge is 0.511 e. The summed E-state index contributed by atoms with van der Waals surface area (Å²) >= 11 is 15.7. The number of carbonyl (C=O) groups is 2. The average molecular weight is 507 g/mol. The van der Waals surface area contributed by atoms with E-state index in [1.54, 1.807) is 30.3 Å². The maximum atomic E-state index is 13.5. The molecule has 30 heavy (non-hydrogen) atoms. The van der Waals surface area contributed by atoms with E-state index in [1.807, 2.05) is 24.3 Å². The van der Waals surface area contributed by atoms with Gasteiger partial charge in [0.05, 0.1) is 17.3 Å². The number of amides is 1. The molecule has 3 aromatic rings. The van der Waals surface area contributed by atoms with E-state index in [1.165, 1.54) is 11.0 Å². The molecule has 0 radical (unpaired) electrons. The monoisotopic (exact) mass is 505 g/mol. The highest BCUT2D eigenvalue weighted by Gasteiger charge is 2.38. The standard InChI is InChI=1S/C22H14BrCl2NO4/c23-13-3-1-12(2-4-13)7-19-18-6-5-17(30-22(28)29)11-20(18)26(21(19)27)16-9-14(24)8-15(25)10-16/h1-6,8-11,19H,7H2,(H,28,29). The van der Waals surface area contributed by atoms with Crippen LogP contribution in [0.15, 0.2) is 65.1 Å². The van der Waals surface area contributed by atoms with Gasteiger partial charge in [-0.2, -0.15) is 0 Å². The summed E-state index contributed by atoms with van der Waals surface area (Å²) < 4.78 is 5.75. The van der Waals surface area contributed by atoms with Crippen LogP contribution < -0.4 is 9.64 Å². The molecule has 1 amide bonds. The maximum absolute atomic E-state index is 13.5. The quantitative estimate of drug-likeness (QED) is 0.311. The number of hydrogen-bond acceptors (Lipinski definition) is 3. The van der Waals surface area contributed by atoms with Gasteiger partial charge in [-0.05, 0) is 53.9 Å². The smallest absolute Gasteiger partial charge is 0.449 e. The van der Waals surface area contributed by atoms with E-state index in [-0.39, 0.29) is 11.7 Å². The summed E-state index contributed by atoms with van der Waals surface area (Å²) in [4.78, 5) is 25.9. The minimum absolute atomic E-state index is 0.122. The van der Waals surface area contributed by atoms with Gasteiger partial charge in [0.1, 0.15) is 5.75 Å². The van der Waals surface area contributed by atoms with E-state index in [9.17, 15) is 9.59 Å². The number of rotatable bonds is 4. The number of halogens is 3. The molecule has 0 saturated heterocycles. The first-order valence-corrected chi connectivity index (χ1v) is 10.5. The van der Waals surface area contributed by atoms with Crippen LogP contribution >= 0.6 is 39.1 Å². The minimum Gasteiger partial charge on any atom is -0.449 e. The summed E-state index contributed by atoms with van der Waals surface area (Å²) in [6, 6.07) is 17.4. The Hall–Kier alpha value is -2.54. The molecule has 0 aliphatic carbocycles. The molecule has 1 atom stereocenters. The number of benzene rings is 3. The average Bonchev–Trinajstić information content (AvgIpc) is 2.93. The molecule has 8 heteroatoms. The zero-order chi connectivity index (χ0) is 21.4. The van der Waals surface area contributed by atoms with Crippen LogP contribution in [0.4, 0.5) is 16.2 Å². The zero-order valence-electron chi connectivity index (χ0n) is 15.3. The lowest BCUT2D eigenvalue weighted by Crippen LogP contribution is -2.24. The highest BCUT2D eigenvalue weighted by Crippen LogP contribution is 2.46. The number of carbonyl (C=O) groups excluding carboxylic acids is 1. The van der Waals surface area contributed by atoms with Gasteiger partial charge >= 0.3 is 6.16 Å². The lowest BCUT2D eigenvalue weighted by Gasteiger charge is -2.19. The molecule has 1 N–H and O–H groups in total. The fourth-order valence-electron chi connectivity index (χ4n) is 3.57. The van der Waals surface area contributed by atoms with Gasteiger partial charge in [-0.1, -0.05) is 57.3 Å². The summed E-state index contributed by atoms with van der Waals surface area (Å²) in [7, 11) is 0. The van der Waals surface area contributed by atoms with Gasteiger partial charge in [-0.25, -0.2) is 4.79 Å². The number of ether oxygens (including phenoxy) is 1. The molecule has 0 aromatic heterocycles. The van der Waals surface area contributed by atoms with Gasteiger partial charge in [0.25, 0.3) is 0 Å². The van der Waals surface area contributed by atoms with E-state index < -0.39 is 12.1 Å². The Bertz CT molecular complexity index is 1130. The van der Waals surface area contributed by atoms with E-state index >= 15 is 0 Å². The molecule has 1 aliphatic heterocycles. The molecule has 1 heterocycles. The molecule has 0 saturated carbocycles. The first-order valence-electron chi connectivity index (χ1n) is 8.91. The molecule has 0 bridgehead atoms. The number of nitrogens with zero attached hydrogens (tertiary/aromatic N) is 1. The number of fused-ring (bicyclic) bond motifs is 1. The molecule has 0 spiro atoms. The Morgan fingerprint density at radius 1 is 1.03 bits per heavy atom. The van der Waals surface area contributed by atoms with Gasteiger partial charge in [-0.3, -0.25) is 9.69 Å². The molecule has 1 aliphatic rings. The normalized spacial score (nSPS) is 15.2. The van der Waals surface area contributed by atoms with Crippen LogP contribution in [0, 0.1) is 0 Å². The van der Waals surface area contributed by atoms with E-state index in [2.05, 4.69) is 15.9 Å². The lowest BCUT2D eigenvalue weighted by molar-refractivity contribution is -0.118. The van der Waals surface area contributed by atoms with Crippen molar-refractivity contribution in [2.75, 3.05) is 4.90 Å². The first kappa shape index (κ1) is 20.7. The van der Waals surface area contributed by atoms with Crippen molar-refractivity contribution in [2.45, 2.75) is 12.3 Å². The molecule has 152 valence electrons. The van der Waals surface area contributed by atoms with Crippen molar-refractivity contribution in [3.8, 4) is 5.75 Å². The van der Waals surface area contributed by atoms with Gasteiger partial charge in [0.15, 0.2) is 0 Å². The van der Waals surface area contributed by atoms with Crippen LogP contribution in [0.25, 0.3) is 0 Å². The SMILES string of the molecule is O=C(O)Oc1ccc2c(c1)N(c1cc(Cl)cc(Cl)c1)C(=O)C2Cc1ccc(Br)cc1. The molecule has 4 rings (SSSR count). The third-order valence-corrected chi connectivity index (χ3v) is 5.77. The van der Waals surface area contributed by atoms with Crippen LogP contribution in [0.5, 0.6) is 5.75 Å². The molecule has 5 nitrogen and oxygen atoms in total. The van der Waals surface area contributed by atoms with Crippen molar-refractivity contribution in [2.24, 2.45) is 0 Å². The second kappa shape index (κ2) is 8.30. The van der Waals surface area contributed by atoms with Gasteiger partial charge in [0.2, 0.25) is 5.91 Å². The highest BCUT2D eigenvalue weighted by molar-refractivity contribution is 9.10. The van der Waals surface area contributed by atoms with Gasteiger partial charge in [0, 0.05) is 20.6 Å². The number of carboxylic acid groups (broad SMARTS) is 1. The minimum atomic E-state index is -1.43. The molecule has 1 unspecified atom stereocenters. The van der Waals surface area contributed by atoms with Crippen molar-refractivity contribution >= 4 is 62.6 Å². The fraction of sp³-hybridized carbons (Fsp3) is 0.0909. The van der Waals surface area contributed by atoms with Crippen molar-refractivity contribution in [1.82, 2.24) is 0 Å². The van der Waals surface area contributed by atoms with Crippen LogP contribution in [0.1, 0.15) is 17.0 Å². The predicted molar refractivity (Wildman–Crippen MR) is 119 cm³/mol. The lowest BCUT2D eigenvalue weighted by atomic mass is 9.93. The van der Waals surface area contributed by atoms with Gasteiger partial charge < -0.3 is 9.84 Å². The zero-order valence-corrected chi connectivity index (χ0v) is 18.4. The second-order valence-electron chi connectivity index (χ2n) is 6.77. The molecular formula is C22H14BrCl2NO4. The first-order chi connectivity index (χ1) is 14.3.